The maximum absolute atomic E-state index is 12.7. The summed E-state index contributed by atoms with van der Waals surface area (Å²) >= 11 is 0. The molecule has 1 atom stereocenters. The van der Waals surface area contributed by atoms with E-state index in [0.717, 1.165) is 6.42 Å². The zero-order chi connectivity index (χ0) is 33.1. The molecule has 0 aliphatic heterocycles. The van der Waals surface area contributed by atoms with Crippen LogP contribution in [0.1, 0.15) is 54.6 Å². The van der Waals surface area contributed by atoms with Gasteiger partial charge in [0.05, 0.1) is 44.9 Å². The van der Waals surface area contributed by atoms with Gasteiger partial charge in [0.25, 0.3) is 11.5 Å². The Kier molecular flexibility index (Phi) is 15.5. The number of aliphatic carboxylic acids is 1. The molecule has 0 spiro atoms. The molecule has 0 unspecified atom stereocenters. The van der Waals surface area contributed by atoms with E-state index in [2.05, 4.69) is 30.6 Å². The molecule has 3 aromatic rings. The number of hydrogen-bond donors (Lipinski definition) is 6. The molecule has 46 heavy (non-hydrogen) atoms. The summed E-state index contributed by atoms with van der Waals surface area (Å²) in [4.78, 5) is 63.5. The second-order valence-corrected chi connectivity index (χ2v) is 10.3. The highest BCUT2D eigenvalue weighted by atomic mass is 16.5. The van der Waals surface area contributed by atoms with Crippen LogP contribution in [0.5, 0.6) is 0 Å². The van der Waals surface area contributed by atoms with Gasteiger partial charge in [-0.15, -0.1) is 0 Å². The van der Waals surface area contributed by atoms with Crippen LogP contribution < -0.4 is 27.7 Å². The summed E-state index contributed by atoms with van der Waals surface area (Å²) in [7, 11) is 0. The van der Waals surface area contributed by atoms with Crippen LogP contribution in [-0.4, -0.2) is 94.9 Å². The highest BCUT2D eigenvalue weighted by Gasteiger charge is 2.21. The average molecular weight is 643 g/mol. The second kappa shape index (κ2) is 19.8. The van der Waals surface area contributed by atoms with Crippen molar-refractivity contribution >= 4 is 40.5 Å². The summed E-state index contributed by atoms with van der Waals surface area (Å²) < 4.78 is 16.2. The van der Waals surface area contributed by atoms with Gasteiger partial charge in [-0.05, 0) is 56.5 Å². The summed E-state index contributed by atoms with van der Waals surface area (Å²) in [6.45, 7) is 3.90. The molecule has 0 radical (unpaired) electrons. The number of amides is 1. The maximum Gasteiger partial charge on any atom is 0.326 e. The fraction of sp³-hybridized carbons (Fsp3) is 0.500. The third-order valence-corrected chi connectivity index (χ3v) is 6.65. The van der Waals surface area contributed by atoms with Crippen LogP contribution in [0.3, 0.4) is 0 Å². The number of nitrogens with one attached hydrogen (secondary N) is 3. The number of carboxylic acids is 1. The Balaban J connectivity index is 1.31. The molecule has 2 heterocycles. The second-order valence-electron chi connectivity index (χ2n) is 10.3. The number of anilines is 2. The van der Waals surface area contributed by atoms with Crippen molar-refractivity contribution in [2.24, 2.45) is 5.73 Å². The van der Waals surface area contributed by atoms with Gasteiger partial charge in [-0.1, -0.05) is 0 Å². The van der Waals surface area contributed by atoms with Crippen molar-refractivity contribution in [3.63, 3.8) is 0 Å². The number of H-pyrrole nitrogens is 1. The lowest BCUT2D eigenvalue weighted by molar-refractivity contribution is -0.139. The van der Waals surface area contributed by atoms with Gasteiger partial charge in [-0.25, -0.2) is 14.8 Å². The van der Waals surface area contributed by atoms with Crippen molar-refractivity contribution < 1.29 is 33.7 Å². The number of fused-ring (bicyclic) bond motifs is 1. The van der Waals surface area contributed by atoms with Crippen molar-refractivity contribution in [1.82, 2.24) is 25.3 Å². The van der Waals surface area contributed by atoms with E-state index in [4.69, 9.17) is 25.7 Å². The molecule has 1 aromatic carbocycles. The summed E-state index contributed by atoms with van der Waals surface area (Å²) in [5, 5.41) is 15.2. The third kappa shape index (κ3) is 12.8. The molecule has 2 aromatic heterocycles. The van der Waals surface area contributed by atoms with Crippen molar-refractivity contribution in [2.75, 3.05) is 57.2 Å². The fourth-order valence-corrected chi connectivity index (χ4v) is 4.17. The number of hydrogen-bond acceptors (Lipinski definition) is 13. The number of Topliss-reactive ketones (excluding diaryl/α,β-unsaturated/α-hetero) is 1. The minimum Gasteiger partial charge on any atom is -0.480 e. The average Bonchev–Trinajstić information content (AvgIpc) is 3.04. The van der Waals surface area contributed by atoms with Gasteiger partial charge in [0.1, 0.15) is 11.8 Å². The van der Waals surface area contributed by atoms with E-state index in [-0.39, 0.29) is 47.8 Å². The van der Waals surface area contributed by atoms with E-state index in [1.165, 1.54) is 6.20 Å². The number of ketones is 1. The van der Waals surface area contributed by atoms with Crippen LogP contribution in [0.2, 0.25) is 0 Å². The van der Waals surface area contributed by atoms with Gasteiger partial charge < -0.3 is 41.4 Å². The van der Waals surface area contributed by atoms with Gasteiger partial charge in [-0.2, -0.15) is 4.98 Å². The molecule has 0 aliphatic carbocycles. The number of carbonyl (C=O) groups excluding carboxylic acids is 2. The minimum atomic E-state index is -1.22. The van der Waals surface area contributed by atoms with E-state index < -0.39 is 23.5 Å². The van der Waals surface area contributed by atoms with Crippen molar-refractivity contribution in [3.05, 3.63) is 52.1 Å². The van der Waals surface area contributed by atoms with E-state index in [9.17, 15) is 24.3 Å². The number of carbonyl (C=O) groups is 3. The molecule has 16 heteroatoms. The molecule has 1 amide bonds. The van der Waals surface area contributed by atoms with Crippen LogP contribution in [-0.2, 0) is 30.3 Å². The molecule has 0 aliphatic rings. The Morgan fingerprint density at radius 3 is 2.26 bits per heavy atom. The topological polar surface area (TPSA) is 247 Å². The first-order valence-corrected chi connectivity index (χ1v) is 15.1. The number of aromatic nitrogens is 4. The summed E-state index contributed by atoms with van der Waals surface area (Å²) in [5.41, 5.74) is 12.0. The number of carboxylic acid groups (broad SMARTS) is 1. The molecule has 250 valence electrons. The first-order valence-electron chi connectivity index (χ1n) is 15.1. The maximum atomic E-state index is 12.7. The number of rotatable bonds is 23. The zero-order valence-electron chi connectivity index (χ0n) is 25.7. The monoisotopic (exact) mass is 642 g/mol. The molecule has 0 bridgehead atoms. The zero-order valence-corrected chi connectivity index (χ0v) is 25.7. The van der Waals surface area contributed by atoms with E-state index in [1.807, 2.05) is 0 Å². The lowest BCUT2D eigenvalue weighted by Crippen LogP contribution is -2.41. The molecular formula is C30H42N8O8. The Morgan fingerprint density at radius 1 is 0.913 bits per heavy atom. The van der Waals surface area contributed by atoms with Crippen LogP contribution in [0.25, 0.3) is 11.2 Å². The Hall–Kier alpha value is -4.51. The summed E-state index contributed by atoms with van der Waals surface area (Å²) in [6.07, 6.45) is 3.94. The molecule has 0 fully saturated rings. The van der Waals surface area contributed by atoms with Gasteiger partial charge in [0.15, 0.2) is 11.2 Å². The number of ether oxygens (including phenoxy) is 3. The van der Waals surface area contributed by atoms with Crippen molar-refractivity contribution in [1.29, 1.82) is 0 Å². The number of aromatic amines is 1. The number of nitrogens with two attached hydrogens (primary N) is 2. The number of nitrogen functional groups attached to an aromatic ring is 1. The first kappa shape index (κ1) is 36.0. The summed E-state index contributed by atoms with van der Waals surface area (Å²) in [5.74, 6) is -1.91. The van der Waals surface area contributed by atoms with Gasteiger partial charge in [-0.3, -0.25) is 19.4 Å². The highest BCUT2D eigenvalue weighted by molar-refractivity contribution is 5.97. The molecule has 0 saturated heterocycles. The SMILES string of the molecule is NCCCOCCOCCOCCCCC(=O)CC[C@@H](NC(=O)c1ccc(NCc2cnc3nc(N)[nH]c(=O)c3n2)cc1)C(=O)O. The molecule has 0 saturated carbocycles. The van der Waals surface area contributed by atoms with Crippen LogP contribution >= 0.6 is 0 Å². The predicted molar refractivity (Wildman–Crippen MR) is 169 cm³/mol. The number of nitrogens with zero attached hydrogens (tertiary/aromatic N) is 3. The molecule has 16 nitrogen and oxygen atoms in total. The Labute approximate surface area is 265 Å². The lowest BCUT2D eigenvalue weighted by atomic mass is 10.0. The smallest absolute Gasteiger partial charge is 0.326 e. The lowest BCUT2D eigenvalue weighted by Gasteiger charge is -2.14. The van der Waals surface area contributed by atoms with E-state index in [1.54, 1.807) is 24.3 Å². The number of benzene rings is 1. The molecule has 3 rings (SSSR count). The van der Waals surface area contributed by atoms with Gasteiger partial charge >= 0.3 is 5.97 Å². The van der Waals surface area contributed by atoms with E-state index >= 15 is 0 Å². The largest absolute Gasteiger partial charge is 0.480 e. The van der Waals surface area contributed by atoms with E-state index in [0.29, 0.717) is 76.8 Å². The van der Waals surface area contributed by atoms with Crippen LogP contribution in [0.15, 0.2) is 35.3 Å². The predicted octanol–water partition coefficient (Wildman–Crippen LogP) is 1.01. The minimum absolute atomic E-state index is 0.0128. The van der Waals surface area contributed by atoms with Crippen LogP contribution in [0, 0.1) is 0 Å². The number of unbranched alkanes of at least 4 members (excludes halogenated alkanes) is 1. The van der Waals surface area contributed by atoms with Crippen molar-refractivity contribution in [2.45, 2.75) is 51.1 Å². The first-order chi connectivity index (χ1) is 22.3. The fourth-order valence-electron chi connectivity index (χ4n) is 4.17. The molecular weight excluding hydrogens is 600 g/mol. The summed E-state index contributed by atoms with van der Waals surface area (Å²) in [6, 6.07) is 5.17. The Morgan fingerprint density at radius 2 is 1.59 bits per heavy atom. The Bertz CT molecular complexity index is 1470. The highest BCUT2D eigenvalue weighted by Crippen LogP contribution is 2.13. The van der Waals surface area contributed by atoms with Crippen molar-refractivity contribution in [3.8, 4) is 0 Å². The molecule has 8 N–H and O–H groups in total. The van der Waals surface area contributed by atoms with Gasteiger partial charge in [0, 0.05) is 37.3 Å². The quantitative estimate of drug-likeness (QED) is 0.0791. The third-order valence-electron chi connectivity index (χ3n) is 6.65. The van der Waals surface area contributed by atoms with Crippen LogP contribution in [0.4, 0.5) is 11.6 Å². The van der Waals surface area contributed by atoms with Gasteiger partial charge in [0.2, 0.25) is 5.95 Å². The standard InChI is InChI=1S/C30H42N8O8/c31-11-3-13-45-15-17-46-16-14-44-12-2-1-4-23(39)9-10-24(29(42)43)36-27(40)20-5-7-21(8-6-20)33-18-22-19-34-26-25(35-22)28(41)38-30(32)37-26/h5-8,19,24,33H,1-4,9-18,31H2,(H,36,40)(H,42,43)(H3,32,34,37,38,41)/t24-/m1/s1. The normalized spacial score (nSPS) is 11.8.